The second-order valence-corrected chi connectivity index (χ2v) is 3.32. The molecule has 0 atom stereocenters. The highest BCUT2D eigenvalue weighted by Crippen LogP contribution is 2.17. The third kappa shape index (κ3) is 8.11. The van der Waals surface area contributed by atoms with Crippen molar-refractivity contribution in [2.75, 3.05) is 19.8 Å². The average Bonchev–Trinajstić information content (AvgIpc) is 1.89. The molecule has 0 aromatic rings. The van der Waals surface area contributed by atoms with Gasteiger partial charge in [0.25, 0.3) is 0 Å². The van der Waals surface area contributed by atoms with Crippen LogP contribution in [0, 0.1) is 5.41 Å². The van der Waals surface area contributed by atoms with Crippen molar-refractivity contribution in [1.82, 2.24) is 0 Å². The number of hydrogen-bond donors (Lipinski definition) is 1. The first-order chi connectivity index (χ1) is 4.62. The highest BCUT2D eigenvalue weighted by atomic mass is 35.5. The van der Waals surface area contributed by atoms with Crippen LogP contribution in [0.5, 0.6) is 0 Å². The van der Waals surface area contributed by atoms with E-state index < -0.39 is 0 Å². The molecule has 70 valence electrons. The van der Waals surface area contributed by atoms with E-state index in [4.69, 9.17) is 10.5 Å². The van der Waals surface area contributed by atoms with Gasteiger partial charge in [-0.15, -0.1) is 12.4 Å². The van der Waals surface area contributed by atoms with E-state index in [1.807, 2.05) is 6.92 Å². The first-order valence-corrected chi connectivity index (χ1v) is 3.90. The largest absolute Gasteiger partial charge is 0.382 e. The fraction of sp³-hybridized carbons (Fsp3) is 1.00. The van der Waals surface area contributed by atoms with Gasteiger partial charge in [-0.3, -0.25) is 0 Å². The van der Waals surface area contributed by atoms with Gasteiger partial charge in [-0.1, -0.05) is 13.8 Å². The number of ether oxygens (including phenoxy) is 1. The third-order valence-corrected chi connectivity index (χ3v) is 1.68. The molecule has 0 aliphatic heterocycles. The molecule has 3 heteroatoms. The summed E-state index contributed by atoms with van der Waals surface area (Å²) in [4.78, 5) is 0. The number of halogens is 1. The van der Waals surface area contributed by atoms with Crippen LogP contribution >= 0.6 is 12.4 Å². The Bertz CT molecular complexity index is 86.2. The molecule has 0 aromatic heterocycles. The fourth-order valence-electron chi connectivity index (χ4n) is 0.595. The van der Waals surface area contributed by atoms with Crippen LogP contribution in [-0.2, 0) is 4.74 Å². The molecular formula is C8H20ClNO. The van der Waals surface area contributed by atoms with E-state index in [2.05, 4.69) is 13.8 Å². The molecule has 0 saturated heterocycles. The maximum Gasteiger partial charge on any atom is 0.0471 e. The van der Waals surface area contributed by atoms with Gasteiger partial charge in [0.1, 0.15) is 0 Å². The third-order valence-electron chi connectivity index (χ3n) is 1.68. The van der Waals surface area contributed by atoms with Crippen molar-refractivity contribution in [2.24, 2.45) is 11.1 Å². The summed E-state index contributed by atoms with van der Waals surface area (Å²) in [7, 11) is 0. The standard InChI is InChI=1S/C8H19NO.ClH/c1-4-10-6-5-8(2,3)7-9;/h4-7,9H2,1-3H3;1H. The van der Waals surface area contributed by atoms with Crippen LogP contribution in [-0.4, -0.2) is 19.8 Å². The van der Waals surface area contributed by atoms with Gasteiger partial charge >= 0.3 is 0 Å². The molecule has 2 nitrogen and oxygen atoms in total. The summed E-state index contributed by atoms with van der Waals surface area (Å²) >= 11 is 0. The normalized spacial score (nSPS) is 10.9. The molecule has 2 N–H and O–H groups in total. The molecule has 0 saturated carbocycles. The Kier molecular flexibility index (Phi) is 8.63. The molecule has 0 radical (unpaired) electrons. The van der Waals surface area contributed by atoms with Gasteiger partial charge in [-0.05, 0) is 25.3 Å². The van der Waals surface area contributed by atoms with Crippen LogP contribution in [0.1, 0.15) is 27.2 Å². The van der Waals surface area contributed by atoms with Gasteiger partial charge in [0.2, 0.25) is 0 Å². The van der Waals surface area contributed by atoms with Crippen LogP contribution in [0.4, 0.5) is 0 Å². The van der Waals surface area contributed by atoms with Crippen molar-refractivity contribution in [3.63, 3.8) is 0 Å². The Morgan fingerprint density at radius 1 is 1.36 bits per heavy atom. The summed E-state index contributed by atoms with van der Waals surface area (Å²) < 4.78 is 5.22. The van der Waals surface area contributed by atoms with Crippen molar-refractivity contribution in [1.29, 1.82) is 0 Å². The van der Waals surface area contributed by atoms with Gasteiger partial charge in [0, 0.05) is 13.2 Å². The van der Waals surface area contributed by atoms with Crippen molar-refractivity contribution in [3.05, 3.63) is 0 Å². The lowest BCUT2D eigenvalue weighted by Gasteiger charge is -2.21. The lowest BCUT2D eigenvalue weighted by molar-refractivity contribution is 0.116. The molecule has 0 fully saturated rings. The Hall–Kier alpha value is 0.210. The minimum Gasteiger partial charge on any atom is -0.382 e. The molecule has 0 spiro atoms. The van der Waals surface area contributed by atoms with Crippen molar-refractivity contribution < 1.29 is 4.74 Å². The monoisotopic (exact) mass is 181 g/mol. The van der Waals surface area contributed by atoms with Crippen LogP contribution in [0.2, 0.25) is 0 Å². The molecule has 0 aliphatic rings. The highest BCUT2D eigenvalue weighted by molar-refractivity contribution is 5.85. The van der Waals surface area contributed by atoms with Crippen LogP contribution in [0.15, 0.2) is 0 Å². The first-order valence-electron chi connectivity index (χ1n) is 3.90. The Morgan fingerprint density at radius 3 is 2.27 bits per heavy atom. The van der Waals surface area contributed by atoms with Crippen LogP contribution in [0.3, 0.4) is 0 Å². The van der Waals surface area contributed by atoms with Crippen molar-refractivity contribution in [3.8, 4) is 0 Å². The van der Waals surface area contributed by atoms with Crippen molar-refractivity contribution in [2.45, 2.75) is 27.2 Å². The van der Waals surface area contributed by atoms with Gasteiger partial charge in [-0.2, -0.15) is 0 Å². The van der Waals surface area contributed by atoms with E-state index in [0.717, 1.165) is 26.2 Å². The molecular weight excluding hydrogens is 162 g/mol. The van der Waals surface area contributed by atoms with Gasteiger partial charge in [0.15, 0.2) is 0 Å². The molecule has 11 heavy (non-hydrogen) atoms. The molecule has 0 heterocycles. The number of nitrogens with two attached hydrogens (primary N) is 1. The quantitative estimate of drug-likeness (QED) is 0.657. The Balaban J connectivity index is 0. The smallest absolute Gasteiger partial charge is 0.0471 e. The zero-order chi connectivity index (χ0) is 8.04. The summed E-state index contributed by atoms with van der Waals surface area (Å²) in [6.45, 7) is 8.70. The minimum absolute atomic E-state index is 0. The van der Waals surface area contributed by atoms with Crippen molar-refractivity contribution >= 4 is 12.4 Å². The molecule has 0 aromatic carbocycles. The number of hydrogen-bond acceptors (Lipinski definition) is 2. The summed E-state index contributed by atoms with van der Waals surface area (Å²) in [5.74, 6) is 0. The zero-order valence-corrected chi connectivity index (χ0v) is 8.54. The molecule has 0 aliphatic carbocycles. The second-order valence-electron chi connectivity index (χ2n) is 3.32. The molecule has 0 unspecified atom stereocenters. The second kappa shape index (κ2) is 6.89. The summed E-state index contributed by atoms with van der Waals surface area (Å²) in [5, 5.41) is 0. The van der Waals surface area contributed by atoms with Crippen LogP contribution < -0.4 is 5.73 Å². The van der Waals surface area contributed by atoms with Gasteiger partial charge in [0.05, 0.1) is 0 Å². The maximum absolute atomic E-state index is 5.53. The minimum atomic E-state index is 0. The van der Waals surface area contributed by atoms with E-state index in [1.165, 1.54) is 0 Å². The van der Waals surface area contributed by atoms with Gasteiger partial charge in [-0.25, -0.2) is 0 Å². The van der Waals surface area contributed by atoms with Crippen LogP contribution in [0.25, 0.3) is 0 Å². The SMILES string of the molecule is CCOCCC(C)(C)CN.Cl. The maximum atomic E-state index is 5.53. The average molecular weight is 182 g/mol. The first kappa shape index (κ1) is 13.8. The lowest BCUT2D eigenvalue weighted by Crippen LogP contribution is -2.25. The molecule has 0 bridgehead atoms. The predicted molar refractivity (Wildman–Crippen MR) is 51.2 cm³/mol. The zero-order valence-electron chi connectivity index (χ0n) is 7.72. The highest BCUT2D eigenvalue weighted by Gasteiger charge is 2.14. The Labute approximate surface area is 75.9 Å². The van der Waals surface area contributed by atoms with E-state index in [1.54, 1.807) is 0 Å². The predicted octanol–water partition coefficient (Wildman–Crippen LogP) is 1.82. The Morgan fingerprint density at radius 2 is 1.91 bits per heavy atom. The molecule has 0 rings (SSSR count). The number of rotatable bonds is 5. The van der Waals surface area contributed by atoms with E-state index >= 15 is 0 Å². The summed E-state index contributed by atoms with van der Waals surface area (Å²) in [6, 6.07) is 0. The van der Waals surface area contributed by atoms with E-state index in [-0.39, 0.29) is 17.8 Å². The summed E-state index contributed by atoms with van der Waals surface area (Å²) in [6.07, 6.45) is 1.05. The topological polar surface area (TPSA) is 35.2 Å². The fourth-order valence-corrected chi connectivity index (χ4v) is 0.595. The lowest BCUT2D eigenvalue weighted by atomic mass is 9.90. The summed E-state index contributed by atoms with van der Waals surface area (Å²) in [5.41, 5.74) is 5.78. The van der Waals surface area contributed by atoms with E-state index in [9.17, 15) is 0 Å². The van der Waals surface area contributed by atoms with E-state index in [0.29, 0.717) is 0 Å². The molecule has 0 amide bonds. The van der Waals surface area contributed by atoms with Gasteiger partial charge < -0.3 is 10.5 Å².